The van der Waals surface area contributed by atoms with Gasteiger partial charge in [0.05, 0.1) is 29.9 Å². The fourth-order valence-corrected chi connectivity index (χ4v) is 10.9. The number of amides is 4. The average Bonchev–Trinajstić information content (AvgIpc) is 4.11. The van der Waals surface area contributed by atoms with Crippen LogP contribution < -0.4 is 24.8 Å². The third-order valence-corrected chi connectivity index (χ3v) is 15.4. The normalized spacial score (nSPS) is 31.2. The minimum atomic E-state index is -4.05. The van der Waals surface area contributed by atoms with Crippen molar-refractivity contribution in [2.45, 2.75) is 153 Å². The molecule has 0 spiro atoms. The molecule has 1 aromatic heterocycles. The Labute approximate surface area is 356 Å². The largest absolute Gasteiger partial charge is 0.497 e. The molecule has 0 unspecified atom stereocenters. The third-order valence-electron chi connectivity index (χ3n) is 13.6. The number of methoxy groups -OCH3 is 1. The Balaban J connectivity index is 1.24. The van der Waals surface area contributed by atoms with E-state index in [4.69, 9.17) is 24.2 Å². The molecule has 5 aliphatic rings. The Morgan fingerprint density at radius 2 is 1.80 bits per heavy atom. The average molecular weight is 875 g/mol. The molecule has 9 atom stereocenters. The molecule has 3 aliphatic carbocycles. The number of alkyl carbamates (subject to hydrolysis) is 1. The minimum absolute atomic E-state index is 0.0605. The predicted octanol–water partition coefficient (Wildman–Crippen LogP) is 5.43. The lowest BCUT2D eigenvalue weighted by molar-refractivity contribution is -0.143. The zero-order valence-corrected chi connectivity index (χ0v) is 36.7. The molecule has 336 valence electrons. The maximum Gasteiger partial charge on any atom is 0.408 e. The third kappa shape index (κ3) is 9.83. The van der Waals surface area contributed by atoms with Crippen molar-refractivity contribution >= 4 is 44.9 Å². The number of nitrogens with one attached hydrogen (secondary N) is 3. The van der Waals surface area contributed by atoms with Crippen LogP contribution >= 0.6 is 0 Å². The Morgan fingerprint density at radius 1 is 1.05 bits per heavy atom. The quantitative estimate of drug-likeness (QED) is 0.291. The van der Waals surface area contributed by atoms with Gasteiger partial charge in [-0.05, 0) is 92.6 Å². The molecule has 7 rings (SSSR count). The minimum Gasteiger partial charge on any atom is -0.497 e. The van der Waals surface area contributed by atoms with Crippen LogP contribution in [0.15, 0.2) is 18.2 Å². The number of aryl methyl sites for hydroxylation is 1. The first kappa shape index (κ1) is 44.7. The molecule has 18 heteroatoms. The summed E-state index contributed by atoms with van der Waals surface area (Å²) in [6.07, 6.45) is 0.00978. The van der Waals surface area contributed by atoms with Crippen LogP contribution in [0.25, 0.3) is 11.0 Å². The van der Waals surface area contributed by atoms with Gasteiger partial charge in [0.2, 0.25) is 34.1 Å². The highest BCUT2D eigenvalue weighted by molar-refractivity contribution is 7.91. The first-order chi connectivity index (χ1) is 28.8. The second-order valence-corrected chi connectivity index (χ2v) is 21.0. The van der Waals surface area contributed by atoms with Gasteiger partial charge in [0.15, 0.2) is 0 Å². The Morgan fingerprint density at radius 3 is 2.49 bits per heavy atom. The highest BCUT2D eigenvalue weighted by Gasteiger charge is 2.63. The molecule has 4 fully saturated rings. The smallest absolute Gasteiger partial charge is 0.408 e. The fraction of sp³-hybridized carbons (Fsp3) is 0.721. The first-order valence-corrected chi connectivity index (χ1v) is 23.3. The van der Waals surface area contributed by atoms with Crippen molar-refractivity contribution in [1.29, 1.82) is 0 Å². The molecule has 0 radical (unpaired) electrons. The van der Waals surface area contributed by atoms with Gasteiger partial charge in [-0.25, -0.2) is 32.0 Å². The molecule has 3 saturated carbocycles. The van der Waals surface area contributed by atoms with Gasteiger partial charge in [0.1, 0.15) is 41.3 Å². The number of sulfonamides is 1. The second-order valence-electron chi connectivity index (χ2n) is 19.0. The van der Waals surface area contributed by atoms with Gasteiger partial charge < -0.3 is 29.7 Å². The molecule has 1 saturated heterocycles. The number of hydrogen-bond donors (Lipinski definition) is 3. The number of ether oxygens (including phenoxy) is 3. The number of nitrogens with zero attached hydrogens (tertiary/aromatic N) is 3. The lowest BCUT2D eigenvalue weighted by Gasteiger charge is -2.35. The fourth-order valence-electron chi connectivity index (χ4n) is 9.50. The van der Waals surface area contributed by atoms with E-state index in [0.717, 1.165) is 25.7 Å². The maximum atomic E-state index is 14.9. The number of alkyl halides is 2. The molecular formula is C43H60F2N6O9S. The van der Waals surface area contributed by atoms with E-state index in [2.05, 4.69) is 29.2 Å². The number of benzene rings is 1. The molecule has 1 aromatic carbocycles. The molecule has 15 nitrogen and oxygen atoms in total. The van der Waals surface area contributed by atoms with Gasteiger partial charge in [-0.3, -0.25) is 19.1 Å². The van der Waals surface area contributed by atoms with Crippen molar-refractivity contribution in [2.75, 3.05) is 13.7 Å². The lowest BCUT2D eigenvalue weighted by Crippen LogP contribution is -2.60. The first-order valence-electron chi connectivity index (χ1n) is 21.7. The van der Waals surface area contributed by atoms with Crippen LogP contribution in [0.3, 0.4) is 0 Å². The van der Waals surface area contributed by atoms with Crippen LogP contribution in [0.5, 0.6) is 11.6 Å². The van der Waals surface area contributed by atoms with Crippen LogP contribution in [0.1, 0.15) is 111 Å². The number of rotatable bonds is 9. The SMILES string of the molecule is COc1ccc2nc3c(nc2c1)O[C@@H]1C[C@@H](C(=O)N[C@]2(C(=O)NS(=O)(=O)C4CC4)C[C@H]2CCC(F)F)N(C1)C(=O)[C@H](C(C)(C)C)NC(=O)O[C@@H]1C[C@H](C)[C@H](C)[C@H]1CCCCC3. The summed E-state index contributed by atoms with van der Waals surface area (Å²) in [5.74, 6) is -1.58. The Kier molecular flexibility index (Phi) is 12.8. The zero-order valence-electron chi connectivity index (χ0n) is 35.9. The summed E-state index contributed by atoms with van der Waals surface area (Å²) < 4.78 is 72.8. The van der Waals surface area contributed by atoms with Crippen molar-refractivity contribution in [3.63, 3.8) is 0 Å². The van der Waals surface area contributed by atoms with Gasteiger partial charge in [-0.1, -0.05) is 47.5 Å². The molecule has 2 aromatic rings. The van der Waals surface area contributed by atoms with E-state index >= 15 is 0 Å². The van der Waals surface area contributed by atoms with Gasteiger partial charge in [0, 0.05) is 18.9 Å². The van der Waals surface area contributed by atoms with Crippen LogP contribution in [-0.2, 0) is 35.6 Å². The van der Waals surface area contributed by atoms with E-state index < -0.39 is 87.0 Å². The predicted molar refractivity (Wildman–Crippen MR) is 220 cm³/mol. The maximum absolute atomic E-state index is 14.9. The van der Waals surface area contributed by atoms with Crippen molar-refractivity contribution in [2.24, 2.45) is 29.1 Å². The van der Waals surface area contributed by atoms with Crippen molar-refractivity contribution in [3.05, 3.63) is 23.9 Å². The molecule has 4 amide bonds. The summed E-state index contributed by atoms with van der Waals surface area (Å²) in [4.78, 5) is 68.1. The van der Waals surface area contributed by atoms with Gasteiger partial charge in [-0.2, -0.15) is 0 Å². The number of fused-ring (bicyclic) bond motifs is 5. The number of hydrogen-bond acceptors (Lipinski definition) is 11. The van der Waals surface area contributed by atoms with E-state index in [1.54, 1.807) is 40.0 Å². The Hall–Kier alpha value is -4.35. The molecule has 61 heavy (non-hydrogen) atoms. The van der Waals surface area contributed by atoms with Gasteiger partial charge >= 0.3 is 6.09 Å². The second kappa shape index (κ2) is 17.4. The van der Waals surface area contributed by atoms with E-state index in [-0.39, 0.29) is 43.7 Å². The van der Waals surface area contributed by atoms with E-state index in [1.807, 2.05) is 6.07 Å². The molecule has 3 heterocycles. The van der Waals surface area contributed by atoms with Crippen LogP contribution in [0.4, 0.5) is 13.6 Å². The van der Waals surface area contributed by atoms with Crippen LogP contribution in [0, 0.1) is 29.1 Å². The van der Waals surface area contributed by atoms with Crippen LogP contribution in [0.2, 0.25) is 0 Å². The molecular weight excluding hydrogens is 815 g/mol. The topological polar surface area (TPSA) is 195 Å². The molecule has 3 N–H and O–H groups in total. The number of aromatic nitrogens is 2. The van der Waals surface area contributed by atoms with Gasteiger partial charge in [0.25, 0.3) is 5.91 Å². The highest BCUT2D eigenvalue weighted by Crippen LogP contribution is 2.48. The van der Waals surface area contributed by atoms with Gasteiger partial charge in [-0.15, -0.1) is 0 Å². The van der Waals surface area contributed by atoms with E-state index in [0.29, 0.717) is 60.0 Å². The van der Waals surface area contributed by atoms with Crippen LogP contribution in [-0.4, -0.2) is 102 Å². The number of carbonyl (C=O) groups is 4. The standard InChI is InChI=1S/C43H60F2N6O9S/c1-23-18-34-29(24(23)2)10-8-7-9-11-31-38(47-32-19-26(58-6)13-16-30(32)46-31)59-27-20-33(51(22-27)39(53)36(42(3,4)5)48-41(55)60-34)37(52)49-43(21-25(43)12-17-35(44)45)40(54)50-61(56,57)28-14-15-28/h13,16,19,23-25,27-29,33-36H,7-12,14-15,17-18,20-22H2,1-6H3,(H,48,55)(H,49,52)(H,50,54)/t23-,24-,25+,27+,29+,33-,34+,36+,43+/m0/s1. The zero-order chi connectivity index (χ0) is 44.0. The Bertz CT molecular complexity index is 2120. The van der Waals surface area contributed by atoms with Crippen molar-refractivity contribution in [3.8, 4) is 11.6 Å². The summed E-state index contributed by atoms with van der Waals surface area (Å²) in [5.41, 5.74) is -0.898. The summed E-state index contributed by atoms with van der Waals surface area (Å²) >= 11 is 0. The number of halogens is 2. The summed E-state index contributed by atoms with van der Waals surface area (Å²) in [7, 11) is -2.50. The lowest BCUT2D eigenvalue weighted by atomic mass is 9.85. The van der Waals surface area contributed by atoms with E-state index in [1.165, 1.54) is 4.90 Å². The monoisotopic (exact) mass is 874 g/mol. The summed E-state index contributed by atoms with van der Waals surface area (Å²) in [5, 5.41) is 4.83. The highest BCUT2D eigenvalue weighted by atomic mass is 32.2. The molecule has 2 bridgehead atoms. The van der Waals surface area contributed by atoms with E-state index in [9.17, 15) is 36.4 Å². The summed E-state index contributed by atoms with van der Waals surface area (Å²) in [6, 6.07) is 2.91. The number of carbonyl (C=O) groups excluding carboxylic acids is 4. The molecule has 2 aliphatic heterocycles. The van der Waals surface area contributed by atoms with Crippen molar-refractivity contribution < 1.29 is 50.6 Å². The summed E-state index contributed by atoms with van der Waals surface area (Å²) in [6.45, 7) is 9.57. The van der Waals surface area contributed by atoms with Crippen molar-refractivity contribution in [1.82, 2.24) is 30.2 Å².